The molecule has 1 saturated heterocycles. The highest BCUT2D eigenvalue weighted by molar-refractivity contribution is 9.10. The van der Waals surface area contributed by atoms with Crippen LogP contribution in [0.5, 0.6) is 0 Å². The van der Waals surface area contributed by atoms with E-state index in [4.69, 9.17) is 9.47 Å². The molecule has 1 aliphatic carbocycles. The van der Waals surface area contributed by atoms with E-state index in [9.17, 15) is 14.4 Å². The lowest BCUT2D eigenvalue weighted by molar-refractivity contribution is 0.0327. The first-order chi connectivity index (χ1) is 13.9. The maximum atomic E-state index is 13.0. The van der Waals surface area contributed by atoms with E-state index in [1.54, 1.807) is 36.7 Å². The molecule has 1 aliphatic heterocycles. The van der Waals surface area contributed by atoms with Crippen molar-refractivity contribution >= 4 is 33.5 Å². The fourth-order valence-corrected chi connectivity index (χ4v) is 4.35. The maximum Gasteiger partial charge on any atom is 0.340 e. The van der Waals surface area contributed by atoms with Gasteiger partial charge in [0.25, 0.3) is 5.78 Å². The smallest absolute Gasteiger partial charge is 0.340 e. The zero-order chi connectivity index (χ0) is 20.7. The zero-order valence-corrected chi connectivity index (χ0v) is 17.9. The number of rotatable bonds is 4. The zero-order valence-electron chi connectivity index (χ0n) is 16.3. The first kappa shape index (κ1) is 20.0. The Hall–Kier alpha value is -2.29. The van der Waals surface area contributed by atoms with Crippen molar-refractivity contribution in [3.8, 4) is 11.1 Å². The standard InChI is InChI=1S/C21H21BrN2O5/c1-3-29-21(27)17-15(11-24-6-8-28-9-7-24)23(2)18-16(17)14-10-12(22)4-5-13(14)19(25)20(18)26/h4-5,10H,3,6-9,11H2,1-2H3. The van der Waals surface area contributed by atoms with E-state index < -0.39 is 17.5 Å². The number of esters is 1. The van der Waals surface area contributed by atoms with Crippen molar-refractivity contribution in [1.29, 1.82) is 0 Å². The minimum absolute atomic E-state index is 0.220. The quantitative estimate of drug-likeness (QED) is 0.515. The van der Waals surface area contributed by atoms with Crippen molar-refractivity contribution in [2.24, 2.45) is 7.05 Å². The number of benzene rings is 1. The van der Waals surface area contributed by atoms with Gasteiger partial charge in [-0.1, -0.05) is 15.9 Å². The van der Waals surface area contributed by atoms with Crippen LogP contribution in [0.25, 0.3) is 11.1 Å². The van der Waals surface area contributed by atoms with Gasteiger partial charge in [-0.25, -0.2) is 4.79 Å². The Balaban J connectivity index is 1.96. The van der Waals surface area contributed by atoms with E-state index in [1.807, 2.05) is 0 Å². The van der Waals surface area contributed by atoms with Crippen LogP contribution in [0.3, 0.4) is 0 Å². The molecule has 1 fully saturated rings. The van der Waals surface area contributed by atoms with Gasteiger partial charge < -0.3 is 14.0 Å². The van der Waals surface area contributed by atoms with Crippen molar-refractivity contribution in [3.05, 3.63) is 45.2 Å². The molecule has 2 aliphatic rings. The SMILES string of the molecule is CCOC(=O)c1c2c(n(C)c1CN1CCOCC1)C(=O)C(=O)c1ccc(Br)cc1-2. The Bertz CT molecular complexity index is 1020. The molecule has 29 heavy (non-hydrogen) atoms. The maximum absolute atomic E-state index is 13.0. The van der Waals surface area contributed by atoms with Gasteiger partial charge in [0.15, 0.2) is 0 Å². The van der Waals surface area contributed by atoms with Gasteiger partial charge in [-0.15, -0.1) is 0 Å². The van der Waals surface area contributed by atoms with Crippen molar-refractivity contribution in [2.45, 2.75) is 13.5 Å². The van der Waals surface area contributed by atoms with Gasteiger partial charge >= 0.3 is 5.97 Å². The summed E-state index contributed by atoms with van der Waals surface area (Å²) in [7, 11) is 1.73. The third kappa shape index (κ3) is 3.35. The highest BCUT2D eigenvalue weighted by Crippen LogP contribution is 2.41. The molecule has 7 nitrogen and oxygen atoms in total. The van der Waals surface area contributed by atoms with Crippen LogP contribution < -0.4 is 0 Å². The number of ether oxygens (including phenoxy) is 2. The lowest BCUT2D eigenvalue weighted by Gasteiger charge is -2.27. The highest BCUT2D eigenvalue weighted by Gasteiger charge is 2.39. The Kier molecular flexibility index (Phi) is 5.42. The van der Waals surface area contributed by atoms with Crippen molar-refractivity contribution in [1.82, 2.24) is 9.47 Å². The summed E-state index contributed by atoms with van der Waals surface area (Å²) in [6, 6.07) is 5.11. The molecule has 0 atom stereocenters. The lowest BCUT2D eigenvalue weighted by Crippen LogP contribution is -2.36. The molecular weight excluding hydrogens is 440 g/mol. The Morgan fingerprint density at radius 3 is 2.59 bits per heavy atom. The van der Waals surface area contributed by atoms with Crippen LogP contribution in [0, 0.1) is 0 Å². The van der Waals surface area contributed by atoms with Gasteiger partial charge in [0, 0.05) is 48.0 Å². The monoisotopic (exact) mass is 460 g/mol. The Morgan fingerprint density at radius 2 is 1.90 bits per heavy atom. The predicted molar refractivity (Wildman–Crippen MR) is 109 cm³/mol. The van der Waals surface area contributed by atoms with E-state index in [-0.39, 0.29) is 12.3 Å². The summed E-state index contributed by atoms with van der Waals surface area (Å²) in [4.78, 5) is 40.8. The van der Waals surface area contributed by atoms with Gasteiger partial charge in [-0.05, 0) is 30.7 Å². The molecule has 2 aromatic rings. The minimum atomic E-state index is -0.601. The Morgan fingerprint density at radius 1 is 1.17 bits per heavy atom. The van der Waals surface area contributed by atoms with E-state index in [0.29, 0.717) is 47.7 Å². The van der Waals surface area contributed by atoms with Crippen LogP contribution in [0.1, 0.15) is 43.8 Å². The number of morpholine rings is 1. The molecule has 8 heteroatoms. The molecular formula is C21H21BrN2O5. The largest absolute Gasteiger partial charge is 0.462 e. The molecule has 0 saturated carbocycles. The number of hydrogen-bond donors (Lipinski definition) is 0. The highest BCUT2D eigenvalue weighted by atomic mass is 79.9. The molecule has 1 aromatic heterocycles. The number of hydrogen-bond acceptors (Lipinski definition) is 6. The third-order valence-corrected chi connectivity index (χ3v) is 5.88. The molecule has 0 unspecified atom stereocenters. The van der Waals surface area contributed by atoms with Crippen LogP contribution in [0.15, 0.2) is 22.7 Å². The van der Waals surface area contributed by atoms with Crippen LogP contribution in [-0.4, -0.2) is 59.9 Å². The summed E-state index contributed by atoms with van der Waals surface area (Å²) in [6.07, 6.45) is 0. The lowest BCUT2D eigenvalue weighted by atomic mass is 9.85. The van der Waals surface area contributed by atoms with Gasteiger partial charge in [0.2, 0.25) is 5.78 Å². The normalized spacial score (nSPS) is 16.5. The first-order valence-corrected chi connectivity index (χ1v) is 10.3. The number of halogens is 1. The topological polar surface area (TPSA) is 77.8 Å². The van der Waals surface area contributed by atoms with Crippen LogP contribution in [0.2, 0.25) is 0 Å². The second-order valence-electron chi connectivity index (χ2n) is 7.06. The third-order valence-electron chi connectivity index (χ3n) is 5.39. The molecule has 4 rings (SSSR count). The summed E-state index contributed by atoms with van der Waals surface area (Å²) >= 11 is 3.43. The average molecular weight is 461 g/mol. The fraction of sp³-hybridized carbons (Fsp3) is 0.381. The number of aromatic nitrogens is 1. The van der Waals surface area contributed by atoms with Gasteiger partial charge in [0.1, 0.15) is 5.69 Å². The van der Waals surface area contributed by atoms with E-state index in [0.717, 1.165) is 17.6 Å². The predicted octanol–water partition coefficient (Wildman–Crippen LogP) is 2.84. The number of nitrogens with zero attached hydrogens (tertiary/aromatic N) is 2. The van der Waals surface area contributed by atoms with Crippen molar-refractivity contribution in [2.75, 3.05) is 32.9 Å². The van der Waals surface area contributed by atoms with Crippen molar-refractivity contribution in [3.63, 3.8) is 0 Å². The Labute approximate surface area is 176 Å². The summed E-state index contributed by atoms with van der Waals surface area (Å²) in [5.41, 5.74) is 2.63. The summed E-state index contributed by atoms with van der Waals surface area (Å²) in [5, 5.41) is 0. The number of carbonyl (C=O) groups excluding carboxylic acids is 3. The van der Waals surface area contributed by atoms with Gasteiger partial charge in [-0.3, -0.25) is 14.5 Å². The van der Waals surface area contributed by atoms with E-state index in [1.165, 1.54) is 0 Å². The number of fused-ring (bicyclic) bond motifs is 3. The molecule has 0 amide bonds. The minimum Gasteiger partial charge on any atom is -0.462 e. The molecule has 2 heterocycles. The molecule has 152 valence electrons. The first-order valence-electron chi connectivity index (χ1n) is 9.51. The summed E-state index contributed by atoms with van der Waals surface area (Å²) in [5.74, 6) is -1.65. The van der Waals surface area contributed by atoms with Crippen LogP contribution in [-0.2, 0) is 23.1 Å². The molecule has 0 bridgehead atoms. The number of Topliss-reactive ketones (excluding diaryl/α,β-unsaturated/α-hetero) is 2. The second-order valence-corrected chi connectivity index (χ2v) is 7.98. The number of carbonyl (C=O) groups is 3. The van der Waals surface area contributed by atoms with Gasteiger partial charge in [-0.2, -0.15) is 0 Å². The molecule has 0 spiro atoms. The van der Waals surface area contributed by atoms with Gasteiger partial charge in [0.05, 0.1) is 25.4 Å². The van der Waals surface area contributed by atoms with E-state index >= 15 is 0 Å². The number of ketones is 2. The van der Waals surface area contributed by atoms with Crippen LogP contribution in [0.4, 0.5) is 0 Å². The molecule has 1 aromatic carbocycles. The second kappa shape index (κ2) is 7.85. The fourth-order valence-electron chi connectivity index (χ4n) is 3.99. The molecule has 0 N–H and O–H groups in total. The van der Waals surface area contributed by atoms with Crippen LogP contribution >= 0.6 is 15.9 Å². The van der Waals surface area contributed by atoms with E-state index in [2.05, 4.69) is 20.8 Å². The average Bonchev–Trinajstić information content (AvgIpc) is 3.00. The van der Waals surface area contributed by atoms with Crippen molar-refractivity contribution < 1.29 is 23.9 Å². The summed E-state index contributed by atoms with van der Waals surface area (Å²) in [6.45, 7) is 5.12. The molecule has 0 radical (unpaired) electrons. The summed E-state index contributed by atoms with van der Waals surface area (Å²) < 4.78 is 13.2.